The number of nitrogens with zero attached hydrogens (tertiary/aromatic N) is 2. The van der Waals surface area contributed by atoms with Gasteiger partial charge in [-0.05, 0) is 43.7 Å². The Balaban J connectivity index is 2.12. The first-order valence-corrected chi connectivity index (χ1v) is 5.31. The lowest BCUT2D eigenvalue weighted by atomic mass is 10.1. The highest BCUT2D eigenvalue weighted by Gasteiger charge is 2.21. The van der Waals surface area contributed by atoms with Gasteiger partial charge < -0.3 is 0 Å². The first-order chi connectivity index (χ1) is 7.22. The fourth-order valence-electron chi connectivity index (χ4n) is 1.93. The van der Waals surface area contributed by atoms with E-state index in [1.807, 2.05) is 13.0 Å². The summed E-state index contributed by atoms with van der Waals surface area (Å²) in [6.45, 7) is 1.85. The Labute approximate surface area is 86.9 Å². The highest BCUT2D eigenvalue weighted by atomic mass is 16.1. The summed E-state index contributed by atoms with van der Waals surface area (Å²) in [5.41, 5.74) is 1.84. The molecule has 0 aliphatic heterocycles. The summed E-state index contributed by atoms with van der Waals surface area (Å²) < 4.78 is 1.49. The van der Waals surface area contributed by atoms with E-state index in [9.17, 15) is 4.79 Å². The van der Waals surface area contributed by atoms with Gasteiger partial charge in [0.05, 0.1) is 0 Å². The number of aromatic nitrogens is 3. The molecule has 0 atom stereocenters. The number of rotatable bonds is 2. The summed E-state index contributed by atoms with van der Waals surface area (Å²) in [4.78, 5) is 16.0. The van der Waals surface area contributed by atoms with Gasteiger partial charge in [0.1, 0.15) is 5.82 Å². The van der Waals surface area contributed by atoms with Crippen LogP contribution >= 0.6 is 0 Å². The van der Waals surface area contributed by atoms with E-state index in [1.165, 1.54) is 17.4 Å². The Hall–Kier alpha value is -1.58. The Bertz CT molecular complexity index is 563. The molecule has 0 unspecified atom stereocenters. The molecule has 4 nitrogen and oxygen atoms in total. The van der Waals surface area contributed by atoms with Gasteiger partial charge in [0, 0.05) is 6.07 Å². The fourth-order valence-corrected chi connectivity index (χ4v) is 1.93. The van der Waals surface area contributed by atoms with Gasteiger partial charge in [-0.3, -0.25) is 9.89 Å². The number of nitrogens with one attached hydrogen (secondary N) is 1. The maximum absolute atomic E-state index is 11.7. The highest BCUT2D eigenvalue weighted by Crippen LogP contribution is 2.32. The number of aromatic amines is 1. The lowest BCUT2D eigenvalue weighted by Gasteiger charge is -1.98. The van der Waals surface area contributed by atoms with Crippen LogP contribution in [0.25, 0.3) is 5.65 Å². The molecule has 4 heteroatoms. The predicted molar refractivity (Wildman–Crippen MR) is 57.0 cm³/mol. The zero-order valence-corrected chi connectivity index (χ0v) is 8.66. The lowest BCUT2D eigenvalue weighted by molar-refractivity contribution is 0.820. The number of hydrogen-bond acceptors (Lipinski definition) is 2. The monoisotopic (exact) mass is 203 g/mol. The number of fused-ring (bicyclic) bond motifs is 1. The molecule has 15 heavy (non-hydrogen) atoms. The average Bonchev–Trinajstić information content (AvgIpc) is 2.87. The molecule has 0 saturated heterocycles. The Morgan fingerprint density at radius 3 is 3.07 bits per heavy atom. The molecule has 0 spiro atoms. The average molecular weight is 203 g/mol. The normalized spacial score (nSPS) is 16.1. The summed E-state index contributed by atoms with van der Waals surface area (Å²) in [6, 6.07) is 3.71. The third-order valence-corrected chi connectivity index (χ3v) is 2.85. The summed E-state index contributed by atoms with van der Waals surface area (Å²) in [6.07, 6.45) is 3.63. The second kappa shape index (κ2) is 2.95. The van der Waals surface area contributed by atoms with Crippen LogP contribution in [0.2, 0.25) is 0 Å². The molecular formula is C11H13N3O. The molecule has 1 fully saturated rings. The molecule has 2 aromatic rings. The molecule has 1 aliphatic rings. The minimum absolute atomic E-state index is 0.0104. The van der Waals surface area contributed by atoms with E-state index in [0.717, 1.165) is 29.4 Å². The van der Waals surface area contributed by atoms with Crippen molar-refractivity contribution in [2.75, 3.05) is 0 Å². The van der Waals surface area contributed by atoms with Gasteiger partial charge in [-0.1, -0.05) is 0 Å². The summed E-state index contributed by atoms with van der Waals surface area (Å²) in [5, 5.41) is 2.92. The Morgan fingerprint density at radius 1 is 1.53 bits per heavy atom. The van der Waals surface area contributed by atoms with Crippen LogP contribution < -0.4 is 5.56 Å². The van der Waals surface area contributed by atoms with Crippen LogP contribution in [-0.2, 0) is 6.42 Å². The van der Waals surface area contributed by atoms with Crippen LogP contribution in [0.15, 0.2) is 16.9 Å². The van der Waals surface area contributed by atoms with Crippen molar-refractivity contribution < 1.29 is 0 Å². The van der Waals surface area contributed by atoms with E-state index in [2.05, 4.69) is 10.1 Å². The van der Waals surface area contributed by atoms with Crippen molar-refractivity contribution in [1.82, 2.24) is 14.6 Å². The molecule has 0 aromatic carbocycles. The molecular weight excluding hydrogens is 190 g/mol. The van der Waals surface area contributed by atoms with Crippen LogP contribution in [0.1, 0.15) is 24.2 Å². The molecule has 3 rings (SSSR count). The minimum atomic E-state index is -0.0104. The van der Waals surface area contributed by atoms with Gasteiger partial charge in [-0.25, -0.2) is 9.50 Å². The molecule has 0 bridgehead atoms. The Kier molecular flexibility index (Phi) is 1.71. The van der Waals surface area contributed by atoms with E-state index in [1.54, 1.807) is 6.07 Å². The van der Waals surface area contributed by atoms with Crippen molar-refractivity contribution in [3.63, 3.8) is 0 Å². The van der Waals surface area contributed by atoms with E-state index in [0.29, 0.717) is 0 Å². The molecule has 0 radical (unpaired) electrons. The SMILES string of the molecule is Cc1nc2cc(CC3CC3)cc(=O)n2[nH]1. The maximum Gasteiger partial charge on any atom is 0.271 e. The predicted octanol–water partition coefficient (Wildman–Crippen LogP) is 1.28. The molecule has 78 valence electrons. The second-order valence-corrected chi connectivity index (χ2v) is 4.35. The van der Waals surface area contributed by atoms with E-state index >= 15 is 0 Å². The van der Waals surface area contributed by atoms with Crippen molar-refractivity contribution in [1.29, 1.82) is 0 Å². The molecule has 1 N–H and O–H groups in total. The van der Waals surface area contributed by atoms with Crippen LogP contribution in [-0.4, -0.2) is 14.6 Å². The first kappa shape index (κ1) is 8.71. The van der Waals surface area contributed by atoms with E-state index in [4.69, 9.17) is 0 Å². The molecule has 0 amide bonds. The largest absolute Gasteiger partial charge is 0.277 e. The molecule has 1 saturated carbocycles. The smallest absolute Gasteiger partial charge is 0.271 e. The van der Waals surface area contributed by atoms with Crippen LogP contribution in [0.5, 0.6) is 0 Å². The molecule has 2 heterocycles. The van der Waals surface area contributed by atoms with Gasteiger partial charge in [-0.15, -0.1) is 0 Å². The van der Waals surface area contributed by atoms with Crippen molar-refractivity contribution in [3.05, 3.63) is 33.9 Å². The number of pyridine rings is 1. The summed E-state index contributed by atoms with van der Waals surface area (Å²) in [5.74, 6) is 1.57. The third kappa shape index (κ3) is 1.56. The molecule has 2 aromatic heterocycles. The van der Waals surface area contributed by atoms with Gasteiger partial charge >= 0.3 is 0 Å². The van der Waals surface area contributed by atoms with Crippen LogP contribution in [0.4, 0.5) is 0 Å². The number of hydrogen-bond donors (Lipinski definition) is 1. The van der Waals surface area contributed by atoms with Crippen molar-refractivity contribution >= 4 is 5.65 Å². The fraction of sp³-hybridized carbons (Fsp3) is 0.455. The maximum atomic E-state index is 11.7. The van der Waals surface area contributed by atoms with Gasteiger partial charge in [0.25, 0.3) is 5.56 Å². The number of H-pyrrole nitrogens is 1. The van der Waals surface area contributed by atoms with E-state index < -0.39 is 0 Å². The van der Waals surface area contributed by atoms with Gasteiger partial charge in [0.15, 0.2) is 5.65 Å². The van der Waals surface area contributed by atoms with Crippen LogP contribution in [0.3, 0.4) is 0 Å². The third-order valence-electron chi connectivity index (χ3n) is 2.85. The van der Waals surface area contributed by atoms with E-state index in [-0.39, 0.29) is 5.56 Å². The lowest BCUT2D eigenvalue weighted by Crippen LogP contribution is -2.13. The van der Waals surface area contributed by atoms with Crippen molar-refractivity contribution in [2.45, 2.75) is 26.2 Å². The molecule has 1 aliphatic carbocycles. The summed E-state index contributed by atoms with van der Waals surface area (Å²) in [7, 11) is 0. The second-order valence-electron chi connectivity index (χ2n) is 4.35. The quantitative estimate of drug-likeness (QED) is 0.799. The zero-order valence-electron chi connectivity index (χ0n) is 8.66. The number of aryl methyl sites for hydroxylation is 1. The van der Waals surface area contributed by atoms with Gasteiger partial charge in [-0.2, -0.15) is 0 Å². The zero-order chi connectivity index (χ0) is 10.4. The van der Waals surface area contributed by atoms with Gasteiger partial charge in [0.2, 0.25) is 0 Å². The topological polar surface area (TPSA) is 50.2 Å². The first-order valence-electron chi connectivity index (χ1n) is 5.31. The minimum Gasteiger partial charge on any atom is -0.277 e. The van der Waals surface area contributed by atoms with Crippen molar-refractivity contribution in [3.8, 4) is 0 Å². The highest BCUT2D eigenvalue weighted by molar-refractivity contribution is 5.40. The standard InChI is InChI=1S/C11H13N3O/c1-7-12-10-5-9(4-8-2-3-8)6-11(15)14(10)13-7/h5-6,8H,2-4H2,1H3,(H,12,13). The summed E-state index contributed by atoms with van der Waals surface area (Å²) >= 11 is 0. The Morgan fingerprint density at radius 2 is 2.33 bits per heavy atom. The van der Waals surface area contributed by atoms with Crippen molar-refractivity contribution in [2.24, 2.45) is 5.92 Å². The van der Waals surface area contributed by atoms with Crippen LogP contribution in [0, 0.1) is 12.8 Å².